The molecule has 2 fully saturated rings. The van der Waals surface area contributed by atoms with Crippen molar-refractivity contribution in [1.82, 2.24) is 0 Å². The van der Waals surface area contributed by atoms with Crippen LogP contribution >= 0.6 is 11.6 Å². The summed E-state index contributed by atoms with van der Waals surface area (Å²) in [6.45, 7) is 4.24. The van der Waals surface area contributed by atoms with Crippen LogP contribution in [-0.4, -0.2) is 42.7 Å². The number of hydrogen-bond acceptors (Lipinski definition) is 6. The molecular formula is C37H37ClF2O6. The SMILES string of the molecule is CCOc1ccc(Cc2cc([C@]34OC[C@](CO)(O3)[C@@H](C)[C@H](OCc3ccccc3)[C@H]4OCc3ccccc3)ccc2Cl)c(F)c1F. The maximum absolute atomic E-state index is 15.1. The minimum absolute atomic E-state index is 0.00291. The summed E-state index contributed by atoms with van der Waals surface area (Å²) in [6.07, 6.45) is -1.32. The van der Waals surface area contributed by atoms with Crippen LogP contribution in [0.1, 0.15) is 41.7 Å². The molecule has 5 atom stereocenters. The summed E-state index contributed by atoms with van der Waals surface area (Å²) in [5.74, 6) is -4.00. The first-order valence-electron chi connectivity index (χ1n) is 15.4. The van der Waals surface area contributed by atoms with Crippen LogP contribution in [0.5, 0.6) is 5.75 Å². The third-order valence-corrected chi connectivity index (χ3v) is 9.33. The molecule has 6 nitrogen and oxygen atoms in total. The van der Waals surface area contributed by atoms with Crippen LogP contribution in [0.3, 0.4) is 0 Å². The molecule has 4 aromatic carbocycles. The van der Waals surface area contributed by atoms with E-state index in [9.17, 15) is 9.50 Å². The van der Waals surface area contributed by atoms with Crippen molar-refractivity contribution in [2.45, 2.75) is 57.1 Å². The van der Waals surface area contributed by atoms with Gasteiger partial charge in [0.05, 0.1) is 39.1 Å². The van der Waals surface area contributed by atoms with E-state index in [2.05, 4.69) is 0 Å². The summed E-state index contributed by atoms with van der Waals surface area (Å²) in [5.41, 5.74) is 2.08. The summed E-state index contributed by atoms with van der Waals surface area (Å²) in [7, 11) is 0. The molecular weight excluding hydrogens is 614 g/mol. The van der Waals surface area contributed by atoms with Crippen LogP contribution in [0.4, 0.5) is 8.78 Å². The van der Waals surface area contributed by atoms with Crippen LogP contribution in [0.25, 0.3) is 0 Å². The zero-order valence-corrected chi connectivity index (χ0v) is 26.5. The lowest BCUT2D eigenvalue weighted by molar-refractivity contribution is -0.336. The second kappa shape index (κ2) is 13.8. The molecule has 46 heavy (non-hydrogen) atoms. The zero-order chi connectivity index (χ0) is 32.3. The van der Waals surface area contributed by atoms with E-state index in [4.69, 9.17) is 35.3 Å². The minimum atomic E-state index is -1.49. The van der Waals surface area contributed by atoms with Crippen LogP contribution in [-0.2, 0) is 44.4 Å². The maximum Gasteiger partial charge on any atom is 0.225 e. The highest BCUT2D eigenvalue weighted by Crippen LogP contribution is 2.54. The smallest absolute Gasteiger partial charge is 0.225 e. The lowest BCUT2D eigenvalue weighted by atomic mass is 9.78. The Kier molecular flexibility index (Phi) is 9.75. The van der Waals surface area contributed by atoms with Gasteiger partial charge in [-0.3, -0.25) is 0 Å². The molecule has 1 N–H and O–H groups in total. The van der Waals surface area contributed by atoms with Crippen LogP contribution in [0.15, 0.2) is 91.0 Å². The molecule has 0 saturated carbocycles. The van der Waals surface area contributed by atoms with Gasteiger partial charge in [-0.1, -0.05) is 91.3 Å². The molecule has 0 amide bonds. The fourth-order valence-electron chi connectivity index (χ4n) is 6.33. The van der Waals surface area contributed by atoms with Crippen LogP contribution in [0.2, 0.25) is 5.02 Å². The minimum Gasteiger partial charge on any atom is -0.491 e. The Morgan fingerprint density at radius 1 is 0.870 bits per heavy atom. The Morgan fingerprint density at radius 3 is 2.20 bits per heavy atom. The molecule has 0 radical (unpaired) electrons. The van der Waals surface area contributed by atoms with Crippen molar-refractivity contribution in [2.24, 2.45) is 5.92 Å². The van der Waals surface area contributed by atoms with E-state index in [1.165, 1.54) is 12.1 Å². The van der Waals surface area contributed by atoms with Gasteiger partial charge in [-0.25, -0.2) is 4.39 Å². The summed E-state index contributed by atoms with van der Waals surface area (Å²) in [6, 6.07) is 27.7. The number of fused-ring (bicyclic) bond motifs is 2. The quantitative estimate of drug-likeness (QED) is 0.173. The molecule has 2 heterocycles. The van der Waals surface area contributed by atoms with Gasteiger partial charge in [0.1, 0.15) is 11.7 Å². The van der Waals surface area contributed by atoms with Crippen LogP contribution in [0, 0.1) is 17.6 Å². The van der Waals surface area contributed by atoms with Gasteiger partial charge >= 0.3 is 0 Å². The first-order valence-corrected chi connectivity index (χ1v) is 15.8. The normalized spacial score (nSPS) is 25.5. The molecule has 0 aliphatic carbocycles. The van der Waals surface area contributed by atoms with E-state index in [0.29, 0.717) is 22.8 Å². The summed E-state index contributed by atoms with van der Waals surface area (Å²) < 4.78 is 61.7. The van der Waals surface area contributed by atoms with Gasteiger partial charge in [-0.05, 0) is 47.4 Å². The molecule has 2 aliphatic heterocycles. The number of halogens is 3. The topological polar surface area (TPSA) is 66.4 Å². The Morgan fingerprint density at radius 2 is 1.54 bits per heavy atom. The molecule has 2 saturated heterocycles. The second-order valence-corrected chi connectivity index (χ2v) is 12.2. The fraction of sp³-hybridized carbons (Fsp3) is 0.351. The maximum atomic E-state index is 15.1. The molecule has 0 unspecified atom stereocenters. The summed E-state index contributed by atoms with van der Waals surface area (Å²) >= 11 is 6.64. The highest BCUT2D eigenvalue weighted by Gasteiger charge is 2.67. The molecule has 242 valence electrons. The van der Waals surface area contributed by atoms with E-state index < -0.39 is 35.2 Å². The lowest BCUT2D eigenvalue weighted by Gasteiger charge is -2.50. The number of aliphatic hydroxyl groups is 1. The van der Waals surface area contributed by atoms with Gasteiger partial charge in [0, 0.05) is 22.9 Å². The summed E-state index contributed by atoms with van der Waals surface area (Å²) in [4.78, 5) is 0. The van der Waals surface area contributed by atoms with Crippen LogP contribution < -0.4 is 4.74 Å². The number of benzene rings is 4. The van der Waals surface area contributed by atoms with Crippen molar-refractivity contribution in [3.8, 4) is 5.75 Å². The first kappa shape index (κ1) is 32.6. The molecule has 2 aliphatic rings. The van der Waals surface area contributed by atoms with Gasteiger partial charge in [0.2, 0.25) is 11.6 Å². The van der Waals surface area contributed by atoms with Crippen molar-refractivity contribution >= 4 is 11.6 Å². The van der Waals surface area contributed by atoms with Crippen molar-refractivity contribution < 1.29 is 37.6 Å². The highest BCUT2D eigenvalue weighted by molar-refractivity contribution is 6.31. The van der Waals surface area contributed by atoms with E-state index in [-0.39, 0.29) is 50.1 Å². The summed E-state index contributed by atoms with van der Waals surface area (Å²) in [5, 5.41) is 11.1. The third-order valence-electron chi connectivity index (χ3n) is 8.96. The Labute approximate surface area is 272 Å². The van der Waals surface area contributed by atoms with Gasteiger partial charge in [0.15, 0.2) is 11.6 Å². The predicted octanol–water partition coefficient (Wildman–Crippen LogP) is 7.36. The van der Waals surface area contributed by atoms with Crippen molar-refractivity contribution in [2.75, 3.05) is 19.8 Å². The standard InChI is InChI=1S/C37H37ClF2O6/c1-3-42-31-17-14-27(32(39)33(31)40)18-28-19-29(15-16-30(28)38)37-35(44-21-26-12-8-5-9-13-26)34(43-20-25-10-6-4-7-11-25)24(2)36(22-41,46-37)23-45-37/h4-17,19,24,34-35,41H,3,18,20-23H2,1-2H3/t24-,34-,35+,36-,37-/m0/s1. The molecule has 2 bridgehead atoms. The molecule has 6 rings (SSSR count). The molecule has 9 heteroatoms. The van der Waals surface area contributed by atoms with Crippen molar-refractivity contribution in [3.05, 3.63) is 135 Å². The lowest BCUT2D eigenvalue weighted by Crippen LogP contribution is -2.63. The Balaban J connectivity index is 1.39. The predicted molar refractivity (Wildman–Crippen MR) is 170 cm³/mol. The second-order valence-electron chi connectivity index (χ2n) is 11.8. The highest BCUT2D eigenvalue weighted by atomic mass is 35.5. The molecule has 0 aromatic heterocycles. The monoisotopic (exact) mass is 650 g/mol. The van der Waals surface area contributed by atoms with E-state index >= 15 is 4.39 Å². The van der Waals surface area contributed by atoms with Crippen molar-refractivity contribution in [3.63, 3.8) is 0 Å². The molecule has 4 aromatic rings. The van der Waals surface area contributed by atoms with Crippen molar-refractivity contribution in [1.29, 1.82) is 0 Å². The van der Waals surface area contributed by atoms with E-state index in [0.717, 1.165) is 11.1 Å². The largest absolute Gasteiger partial charge is 0.491 e. The first-order chi connectivity index (χ1) is 22.3. The fourth-order valence-corrected chi connectivity index (χ4v) is 6.52. The average Bonchev–Trinajstić information content (AvgIpc) is 3.45. The Bertz CT molecular complexity index is 1640. The third kappa shape index (κ3) is 6.18. The number of aliphatic hydroxyl groups excluding tert-OH is 1. The van der Waals surface area contributed by atoms with Gasteiger partial charge in [0.25, 0.3) is 0 Å². The number of rotatable bonds is 12. The van der Waals surface area contributed by atoms with E-state index in [1.54, 1.807) is 25.1 Å². The zero-order valence-electron chi connectivity index (χ0n) is 25.8. The van der Waals surface area contributed by atoms with E-state index in [1.807, 2.05) is 67.6 Å². The number of ether oxygens (including phenoxy) is 5. The Hall–Kier alpha value is -3.37. The number of hydrogen-bond donors (Lipinski definition) is 1. The van der Waals surface area contributed by atoms with Gasteiger partial charge in [-0.15, -0.1) is 0 Å². The molecule has 0 spiro atoms. The van der Waals surface area contributed by atoms with Gasteiger partial charge < -0.3 is 28.8 Å². The average molecular weight is 651 g/mol. The van der Waals surface area contributed by atoms with Gasteiger partial charge in [-0.2, -0.15) is 4.39 Å².